The van der Waals surface area contributed by atoms with Crippen LogP contribution >= 0.6 is 11.8 Å². The number of allylic oxidation sites excluding steroid dienone is 1. The number of alkyl halides is 3. The predicted octanol–water partition coefficient (Wildman–Crippen LogP) is 4.02. The highest BCUT2D eigenvalue weighted by molar-refractivity contribution is 7.99. The molecule has 1 heterocycles. The van der Waals surface area contributed by atoms with Crippen LogP contribution in [0.3, 0.4) is 0 Å². The molecule has 0 aliphatic heterocycles. The first-order chi connectivity index (χ1) is 7.93. The normalized spacial score (nSPS) is 11.2. The minimum Gasteiger partial charge on any atom is -0.260 e. The minimum atomic E-state index is -4.35. The van der Waals surface area contributed by atoms with Gasteiger partial charge in [0.05, 0.1) is 0 Å². The van der Waals surface area contributed by atoms with E-state index in [-0.39, 0.29) is 6.42 Å². The number of rotatable bonds is 5. The van der Waals surface area contributed by atoms with Gasteiger partial charge in [0.1, 0.15) is 0 Å². The molecule has 0 amide bonds. The molecule has 1 nitrogen and oxygen atoms in total. The van der Waals surface area contributed by atoms with E-state index in [0.717, 1.165) is 10.6 Å². The van der Waals surface area contributed by atoms with Crippen LogP contribution in [0.2, 0.25) is 0 Å². The van der Waals surface area contributed by atoms with Crippen molar-refractivity contribution in [2.45, 2.75) is 17.5 Å². The van der Waals surface area contributed by atoms with E-state index >= 15 is 0 Å². The molecule has 0 spiro atoms. The summed E-state index contributed by atoms with van der Waals surface area (Å²) in [6.07, 6.45) is -1.30. The summed E-state index contributed by atoms with van der Waals surface area (Å²) >= 11 is 1.53. The zero-order chi connectivity index (χ0) is 12.9. The summed E-state index contributed by atoms with van der Waals surface area (Å²) in [5, 5.41) is 0. The Morgan fingerprint density at radius 1 is 1.41 bits per heavy atom. The third-order valence-corrected chi connectivity index (χ3v) is 2.94. The number of aromatic nitrogens is 1. The lowest BCUT2D eigenvalue weighted by atomic mass is 10.1. The second kappa shape index (κ2) is 5.91. The van der Waals surface area contributed by atoms with Crippen LogP contribution in [0.5, 0.6) is 0 Å². The van der Waals surface area contributed by atoms with E-state index in [0.29, 0.717) is 5.69 Å². The topological polar surface area (TPSA) is 12.9 Å². The fourth-order valence-corrected chi connectivity index (χ4v) is 1.68. The van der Waals surface area contributed by atoms with Crippen molar-refractivity contribution < 1.29 is 13.2 Å². The molecule has 0 atom stereocenters. The minimum absolute atomic E-state index is 0.268. The SMILES string of the molecule is C=CCSc1ccc(CC(=C)C(F)(F)F)nc1. The summed E-state index contributed by atoms with van der Waals surface area (Å²) in [5.74, 6) is 0.746. The van der Waals surface area contributed by atoms with E-state index in [4.69, 9.17) is 0 Å². The van der Waals surface area contributed by atoms with Crippen LogP contribution in [0.4, 0.5) is 13.2 Å². The summed E-state index contributed by atoms with van der Waals surface area (Å²) < 4.78 is 36.7. The first kappa shape index (κ1) is 13.8. The molecule has 0 unspecified atom stereocenters. The lowest BCUT2D eigenvalue weighted by Gasteiger charge is -2.09. The Morgan fingerprint density at radius 2 is 2.12 bits per heavy atom. The van der Waals surface area contributed by atoms with E-state index in [1.807, 2.05) is 0 Å². The van der Waals surface area contributed by atoms with Gasteiger partial charge in [-0.15, -0.1) is 18.3 Å². The highest BCUT2D eigenvalue weighted by atomic mass is 32.2. The van der Waals surface area contributed by atoms with E-state index in [1.165, 1.54) is 11.8 Å². The molecule has 0 N–H and O–H groups in total. The van der Waals surface area contributed by atoms with Gasteiger partial charge in [-0.3, -0.25) is 4.98 Å². The molecule has 1 rings (SSSR count). The molecule has 0 aromatic carbocycles. The fourth-order valence-electron chi connectivity index (χ4n) is 1.07. The van der Waals surface area contributed by atoms with Crippen LogP contribution in [-0.2, 0) is 6.42 Å². The van der Waals surface area contributed by atoms with Gasteiger partial charge in [0, 0.05) is 34.5 Å². The third kappa shape index (κ3) is 4.65. The fraction of sp³-hybridized carbons (Fsp3) is 0.250. The molecule has 5 heteroatoms. The smallest absolute Gasteiger partial charge is 0.260 e. The largest absolute Gasteiger partial charge is 0.412 e. The first-order valence-corrected chi connectivity index (χ1v) is 5.85. The summed E-state index contributed by atoms with van der Waals surface area (Å²) in [6, 6.07) is 3.34. The maximum atomic E-state index is 12.2. The average molecular weight is 259 g/mol. The van der Waals surface area contributed by atoms with Gasteiger partial charge in [0.15, 0.2) is 0 Å². The number of halogens is 3. The molecule has 0 aliphatic rings. The Labute approximate surface area is 102 Å². The Hall–Kier alpha value is -1.23. The zero-order valence-corrected chi connectivity index (χ0v) is 9.94. The standard InChI is InChI=1S/C12H12F3NS/c1-3-6-17-11-5-4-10(16-8-11)7-9(2)12(13,14)15/h3-5,8H,1-2,6-7H2. The van der Waals surface area contributed by atoms with E-state index in [2.05, 4.69) is 18.1 Å². The Bertz CT molecular complexity index is 395. The van der Waals surface area contributed by atoms with Gasteiger partial charge in [0.2, 0.25) is 0 Å². The number of thioether (sulfide) groups is 1. The van der Waals surface area contributed by atoms with Crippen LogP contribution in [0.15, 0.2) is 48.0 Å². The second-order valence-corrected chi connectivity index (χ2v) is 4.46. The Balaban J connectivity index is 2.62. The quantitative estimate of drug-likeness (QED) is 0.585. The van der Waals surface area contributed by atoms with Gasteiger partial charge in [-0.1, -0.05) is 12.7 Å². The Kier molecular flexibility index (Phi) is 4.81. The van der Waals surface area contributed by atoms with Crippen LogP contribution in [0.25, 0.3) is 0 Å². The molecule has 92 valence electrons. The summed E-state index contributed by atoms with van der Waals surface area (Å²) in [5.41, 5.74) is -0.410. The van der Waals surface area contributed by atoms with Crippen LogP contribution < -0.4 is 0 Å². The molecule has 1 aromatic heterocycles. The van der Waals surface area contributed by atoms with Gasteiger partial charge >= 0.3 is 6.18 Å². The number of nitrogens with zero attached hydrogens (tertiary/aromatic N) is 1. The zero-order valence-electron chi connectivity index (χ0n) is 9.13. The van der Waals surface area contributed by atoms with Crippen molar-refractivity contribution >= 4 is 11.8 Å². The molecule has 0 fully saturated rings. The van der Waals surface area contributed by atoms with Crippen molar-refractivity contribution in [1.29, 1.82) is 0 Å². The number of pyridine rings is 1. The van der Waals surface area contributed by atoms with Crippen molar-refractivity contribution in [3.05, 3.63) is 48.8 Å². The molecule has 17 heavy (non-hydrogen) atoms. The van der Waals surface area contributed by atoms with Gasteiger partial charge in [0.25, 0.3) is 0 Å². The molecule has 0 aliphatic carbocycles. The average Bonchev–Trinajstić information content (AvgIpc) is 2.27. The van der Waals surface area contributed by atoms with Crippen molar-refractivity contribution in [3.63, 3.8) is 0 Å². The van der Waals surface area contributed by atoms with Gasteiger partial charge < -0.3 is 0 Å². The van der Waals surface area contributed by atoms with Crippen molar-refractivity contribution in [2.24, 2.45) is 0 Å². The molecule has 0 saturated carbocycles. The lowest BCUT2D eigenvalue weighted by molar-refractivity contribution is -0.0928. The third-order valence-electron chi connectivity index (χ3n) is 1.96. The monoisotopic (exact) mass is 259 g/mol. The number of hydrogen-bond donors (Lipinski definition) is 0. The van der Waals surface area contributed by atoms with Gasteiger partial charge in [-0.05, 0) is 12.1 Å². The maximum absolute atomic E-state index is 12.2. The molecule has 0 radical (unpaired) electrons. The molecular weight excluding hydrogens is 247 g/mol. The Morgan fingerprint density at radius 3 is 2.59 bits per heavy atom. The van der Waals surface area contributed by atoms with Crippen LogP contribution in [-0.4, -0.2) is 16.9 Å². The highest BCUT2D eigenvalue weighted by Crippen LogP contribution is 2.26. The number of hydrogen-bond acceptors (Lipinski definition) is 2. The van der Waals surface area contributed by atoms with Crippen molar-refractivity contribution in [2.75, 3.05) is 5.75 Å². The molecule has 0 saturated heterocycles. The molecule has 1 aromatic rings. The highest BCUT2D eigenvalue weighted by Gasteiger charge is 2.31. The van der Waals surface area contributed by atoms with E-state index in [1.54, 1.807) is 24.4 Å². The van der Waals surface area contributed by atoms with E-state index < -0.39 is 11.7 Å². The second-order valence-electron chi connectivity index (χ2n) is 3.36. The summed E-state index contributed by atoms with van der Waals surface area (Å²) in [7, 11) is 0. The van der Waals surface area contributed by atoms with Crippen molar-refractivity contribution in [3.8, 4) is 0 Å². The van der Waals surface area contributed by atoms with Gasteiger partial charge in [-0.2, -0.15) is 13.2 Å². The summed E-state index contributed by atoms with van der Waals surface area (Å²) in [4.78, 5) is 4.88. The predicted molar refractivity (Wildman–Crippen MR) is 64.1 cm³/mol. The maximum Gasteiger partial charge on any atom is 0.412 e. The summed E-state index contributed by atoms with van der Waals surface area (Å²) in [6.45, 7) is 6.59. The molecular formula is C12H12F3NS. The molecule has 0 bridgehead atoms. The first-order valence-electron chi connectivity index (χ1n) is 4.87. The van der Waals surface area contributed by atoms with Crippen LogP contribution in [0, 0.1) is 0 Å². The van der Waals surface area contributed by atoms with Crippen LogP contribution in [0.1, 0.15) is 5.69 Å². The van der Waals surface area contributed by atoms with E-state index in [9.17, 15) is 13.2 Å². The van der Waals surface area contributed by atoms with Crippen molar-refractivity contribution in [1.82, 2.24) is 4.98 Å². The van der Waals surface area contributed by atoms with Gasteiger partial charge in [-0.25, -0.2) is 0 Å². The lowest BCUT2D eigenvalue weighted by Crippen LogP contribution is -2.13.